The van der Waals surface area contributed by atoms with Crippen molar-refractivity contribution in [2.75, 3.05) is 5.32 Å². The number of anilines is 1. The molecule has 0 fully saturated rings. The molecule has 3 aromatic heterocycles. The van der Waals surface area contributed by atoms with E-state index in [1.807, 2.05) is 30.5 Å². The molecule has 0 bridgehead atoms. The number of aromatic amines is 1. The van der Waals surface area contributed by atoms with Crippen molar-refractivity contribution < 1.29 is 29.6 Å². The van der Waals surface area contributed by atoms with Crippen molar-refractivity contribution >= 4 is 34.4 Å². The highest BCUT2D eigenvalue weighted by molar-refractivity contribution is 6.26. The summed E-state index contributed by atoms with van der Waals surface area (Å²) in [6.45, 7) is 0.729. The summed E-state index contributed by atoms with van der Waals surface area (Å²) in [5.41, 5.74) is 4.01. The topological polar surface area (TPSA) is 138 Å². The monoisotopic (exact) mass is 432 g/mol. The van der Waals surface area contributed by atoms with E-state index in [1.165, 1.54) is 0 Å². The van der Waals surface area contributed by atoms with Crippen LogP contribution in [0.25, 0.3) is 10.9 Å². The van der Waals surface area contributed by atoms with Gasteiger partial charge in [-0.2, -0.15) is 0 Å². The Hall–Kier alpha value is -4.53. The highest BCUT2D eigenvalue weighted by Crippen LogP contribution is 2.23. The highest BCUT2D eigenvalue weighted by Gasteiger charge is 2.13. The number of hydrogen-bond acceptors (Lipinski definition) is 5. The van der Waals surface area contributed by atoms with Gasteiger partial charge in [0.05, 0.1) is 6.42 Å². The second kappa shape index (κ2) is 10.5. The number of aromatic nitrogens is 3. The lowest BCUT2D eigenvalue weighted by molar-refractivity contribution is -0.390. The predicted molar refractivity (Wildman–Crippen MR) is 113 cm³/mol. The number of H-pyrrole nitrogens is 1. The molecule has 9 nitrogen and oxygen atoms in total. The molecule has 162 valence electrons. The molecular weight excluding hydrogens is 412 g/mol. The number of rotatable bonds is 5. The van der Waals surface area contributed by atoms with Gasteiger partial charge in [0.1, 0.15) is 6.54 Å². The third kappa shape index (κ3) is 5.99. The summed E-state index contributed by atoms with van der Waals surface area (Å²) in [4.78, 5) is 37.7. The smallest absolute Gasteiger partial charge is 0.351 e. The van der Waals surface area contributed by atoms with Crippen LogP contribution in [0.4, 0.5) is 5.69 Å². The van der Waals surface area contributed by atoms with Gasteiger partial charge in [-0.25, -0.2) is 9.78 Å². The lowest BCUT2D eigenvalue weighted by Crippen LogP contribution is -2.30. The summed E-state index contributed by atoms with van der Waals surface area (Å²) in [7, 11) is 0. The number of nitrogens with one attached hydrogen (secondary N) is 2. The van der Waals surface area contributed by atoms with E-state index < -0.39 is 11.9 Å². The van der Waals surface area contributed by atoms with Crippen LogP contribution in [0.3, 0.4) is 0 Å². The van der Waals surface area contributed by atoms with Crippen molar-refractivity contribution in [1.82, 2.24) is 9.55 Å². The van der Waals surface area contributed by atoms with Gasteiger partial charge in [-0.15, -0.1) is 0 Å². The summed E-state index contributed by atoms with van der Waals surface area (Å²) >= 11 is 0. The third-order valence-electron chi connectivity index (χ3n) is 4.47. The fourth-order valence-electron chi connectivity index (χ4n) is 3.12. The zero-order chi connectivity index (χ0) is 22.9. The summed E-state index contributed by atoms with van der Waals surface area (Å²) in [5, 5.41) is 20.3. The van der Waals surface area contributed by atoms with Gasteiger partial charge in [0.25, 0.3) is 0 Å². The maximum absolute atomic E-state index is 12.4. The first kappa shape index (κ1) is 22.2. The van der Waals surface area contributed by atoms with Crippen molar-refractivity contribution in [2.24, 2.45) is 0 Å². The molecule has 0 aliphatic rings. The predicted octanol–water partition coefficient (Wildman–Crippen LogP) is 0.901. The maximum Gasteiger partial charge on any atom is 0.351 e. The molecule has 3 heterocycles. The number of pyridine rings is 2. The van der Waals surface area contributed by atoms with Gasteiger partial charge in [-0.05, 0) is 23.8 Å². The van der Waals surface area contributed by atoms with Crippen LogP contribution < -0.4 is 15.4 Å². The quantitative estimate of drug-likeness (QED) is 0.449. The molecule has 1 aromatic carbocycles. The van der Waals surface area contributed by atoms with E-state index in [-0.39, 0.29) is 5.91 Å². The number of carboxylic acid groups (broad SMARTS) is 2. The van der Waals surface area contributed by atoms with Crippen molar-refractivity contribution in [3.05, 3.63) is 90.6 Å². The number of hydrogen-bond donors (Lipinski definition) is 2. The van der Waals surface area contributed by atoms with Crippen LogP contribution in [0.15, 0.2) is 79.4 Å². The lowest BCUT2D eigenvalue weighted by atomic mass is 10.1. The molecule has 0 aliphatic heterocycles. The second-order valence-corrected chi connectivity index (χ2v) is 6.74. The van der Waals surface area contributed by atoms with Crippen LogP contribution in [0.2, 0.25) is 0 Å². The minimum atomic E-state index is -2.07. The van der Waals surface area contributed by atoms with Crippen LogP contribution in [0, 0.1) is 0 Å². The van der Waals surface area contributed by atoms with Gasteiger partial charge in [0.15, 0.2) is 17.9 Å². The molecule has 0 saturated carbocycles. The number of para-hydroxylation sites is 1. The van der Waals surface area contributed by atoms with Crippen LogP contribution in [0.5, 0.6) is 0 Å². The van der Waals surface area contributed by atoms with Crippen molar-refractivity contribution in [3.8, 4) is 0 Å². The largest absolute Gasteiger partial charge is 0.539 e. The number of amides is 1. The lowest BCUT2D eigenvalue weighted by Gasteiger charge is -2.03. The molecule has 0 aliphatic carbocycles. The third-order valence-corrected chi connectivity index (χ3v) is 4.47. The highest BCUT2D eigenvalue weighted by atomic mass is 16.4. The van der Waals surface area contributed by atoms with E-state index in [0.29, 0.717) is 6.42 Å². The van der Waals surface area contributed by atoms with Crippen molar-refractivity contribution in [2.45, 2.75) is 13.0 Å². The SMILES string of the molecule is O=C(Cc1cn(Cc2cccc[nH+]2)c2ccccc12)Nc1ccncc1.O=C([O-])C(=O)O. The molecule has 9 heteroatoms. The van der Waals surface area contributed by atoms with Gasteiger partial charge >= 0.3 is 5.97 Å². The Balaban J connectivity index is 0.000000427. The second-order valence-electron chi connectivity index (χ2n) is 6.74. The molecule has 4 rings (SSSR count). The summed E-state index contributed by atoms with van der Waals surface area (Å²) in [5.74, 6) is -4.05. The first-order valence-corrected chi connectivity index (χ1v) is 9.60. The molecule has 0 unspecified atom stereocenters. The van der Waals surface area contributed by atoms with Gasteiger partial charge in [-0.1, -0.05) is 24.3 Å². The number of carbonyl (C=O) groups is 3. The molecule has 0 spiro atoms. The van der Waals surface area contributed by atoms with E-state index in [4.69, 9.17) is 19.8 Å². The fourth-order valence-corrected chi connectivity index (χ4v) is 3.12. The van der Waals surface area contributed by atoms with Crippen LogP contribution in [-0.4, -0.2) is 32.5 Å². The van der Waals surface area contributed by atoms with Crippen molar-refractivity contribution in [1.29, 1.82) is 0 Å². The molecule has 0 atom stereocenters. The van der Waals surface area contributed by atoms with Gasteiger partial charge in [-0.3, -0.25) is 9.78 Å². The van der Waals surface area contributed by atoms with E-state index in [0.717, 1.165) is 34.4 Å². The number of nitrogens with zero attached hydrogens (tertiary/aromatic N) is 2. The van der Waals surface area contributed by atoms with Gasteiger partial charge in [0.2, 0.25) is 5.91 Å². The molecule has 1 amide bonds. The zero-order valence-electron chi connectivity index (χ0n) is 16.9. The van der Waals surface area contributed by atoms with Gasteiger partial charge < -0.3 is 24.9 Å². The molecule has 0 radical (unpaired) electrons. The Labute approximate surface area is 183 Å². The first-order valence-electron chi connectivity index (χ1n) is 9.60. The normalized spacial score (nSPS) is 10.1. The van der Waals surface area contributed by atoms with E-state index in [9.17, 15) is 4.79 Å². The molecule has 32 heavy (non-hydrogen) atoms. The van der Waals surface area contributed by atoms with Crippen LogP contribution in [-0.2, 0) is 27.3 Å². The molecule has 4 aromatic rings. The first-order chi connectivity index (χ1) is 15.4. The summed E-state index contributed by atoms with van der Waals surface area (Å²) in [6, 6.07) is 17.8. The van der Waals surface area contributed by atoms with E-state index >= 15 is 0 Å². The number of aliphatic carboxylic acids is 2. The van der Waals surface area contributed by atoms with Crippen molar-refractivity contribution in [3.63, 3.8) is 0 Å². The number of carbonyl (C=O) groups excluding carboxylic acids is 2. The number of fused-ring (bicyclic) bond motifs is 1. The Morgan fingerprint density at radius 2 is 1.72 bits per heavy atom. The fraction of sp³-hybridized carbons (Fsp3) is 0.0870. The molecule has 3 N–H and O–H groups in total. The zero-order valence-corrected chi connectivity index (χ0v) is 16.9. The maximum atomic E-state index is 12.4. The summed E-state index contributed by atoms with van der Waals surface area (Å²) < 4.78 is 2.18. The number of carboxylic acids is 2. The van der Waals surface area contributed by atoms with E-state index in [2.05, 4.69) is 44.2 Å². The van der Waals surface area contributed by atoms with Gasteiger partial charge in [0, 0.05) is 47.3 Å². The molecular formula is C23H20N4O5. The minimum absolute atomic E-state index is 0.0367. The Morgan fingerprint density at radius 1 is 1.03 bits per heavy atom. The number of benzene rings is 1. The summed E-state index contributed by atoms with van der Waals surface area (Å²) in [6.07, 6.45) is 7.64. The van der Waals surface area contributed by atoms with E-state index in [1.54, 1.807) is 24.5 Å². The Bertz CT molecular complexity index is 1210. The standard InChI is InChI=1S/C21H18N4O.C2H2O4/c26-21(24-17-8-11-22-12-9-17)13-16-14-25(15-18-5-3-4-10-23-18)20-7-2-1-6-19(16)20;3-1(4)2(5)6/h1-12,14H,13,15H2,(H,22,24,26);(H,3,4)(H,5,6). The average molecular weight is 432 g/mol. The Morgan fingerprint density at radius 3 is 2.38 bits per heavy atom. The molecule has 0 saturated heterocycles. The average Bonchev–Trinajstić information content (AvgIpc) is 3.12. The van der Waals surface area contributed by atoms with Crippen LogP contribution in [0.1, 0.15) is 11.3 Å². The Kier molecular flexibility index (Phi) is 7.26. The van der Waals surface area contributed by atoms with Crippen LogP contribution >= 0.6 is 0 Å². The minimum Gasteiger partial charge on any atom is -0.539 e.